The molecule has 2 aliphatic rings. The summed E-state index contributed by atoms with van der Waals surface area (Å²) < 4.78 is 17.5. The summed E-state index contributed by atoms with van der Waals surface area (Å²) >= 11 is 0. The minimum absolute atomic E-state index is 0.118. The van der Waals surface area contributed by atoms with Crippen molar-refractivity contribution in [2.45, 2.75) is 58.1 Å². The molecule has 2 aromatic rings. The highest BCUT2D eigenvalue weighted by Crippen LogP contribution is 2.50. The van der Waals surface area contributed by atoms with E-state index in [-0.39, 0.29) is 24.4 Å². The number of esters is 1. The summed E-state index contributed by atoms with van der Waals surface area (Å²) in [4.78, 5) is 30.4. The molecule has 1 aliphatic carbocycles. The van der Waals surface area contributed by atoms with Crippen LogP contribution in [-0.2, 0) is 32.9 Å². The first-order valence-corrected chi connectivity index (χ1v) is 13.5. The zero-order valence-corrected chi connectivity index (χ0v) is 22.6. The van der Waals surface area contributed by atoms with Crippen LogP contribution in [0, 0.1) is 5.92 Å². The maximum atomic E-state index is 13.5. The molecule has 7 heteroatoms. The fraction of sp³-hybridized carbons (Fsp3) is 0.533. The first kappa shape index (κ1) is 27.0. The smallest absolute Gasteiger partial charge is 0.309 e. The molecule has 0 atom stereocenters. The van der Waals surface area contributed by atoms with Crippen LogP contribution in [0.15, 0.2) is 42.5 Å². The summed E-state index contributed by atoms with van der Waals surface area (Å²) in [6.45, 7) is 6.32. The summed E-state index contributed by atoms with van der Waals surface area (Å²) in [7, 11) is 3.84. The number of fused-ring (bicyclic) bond motifs is 2. The van der Waals surface area contributed by atoms with Gasteiger partial charge in [0.15, 0.2) is 11.5 Å². The number of hydrogen-bond donors (Lipinski definition) is 0. The number of likely N-dealkylation sites (N-methyl/N-ethyl adjacent to an activating group) is 1. The van der Waals surface area contributed by atoms with Crippen molar-refractivity contribution in [2.24, 2.45) is 5.92 Å². The Balaban J connectivity index is 1.60. The minimum atomic E-state index is -0.465. The Morgan fingerprint density at radius 1 is 1.00 bits per heavy atom. The van der Waals surface area contributed by atoms with E-state index in [4.69, 9.17) is 14.2 Å². The molecule has 2 aromatic carbocycles. The number of ether oxygens (including phenoxy) is 3. The van der Waals surface area contributed by atoms with Gasteiger partial charge in [0.05, 0.1) is 31.2 Å². The predicted molar refractivity (Wildman–Crippen MR) is 143 cm³/mol. The van der Waals surface area contributed by atoms with Crippen molar-refractivity contribution in [1.29, 1.82) is 0 Å². The van der Waals surface area contributed by atoms with Gasteiger partial charge in [-0.3, -0.25) is 9.59 Å². The monoisotopic (exact) mass is 508 g/mol. The summed E-state index contributed by atoms with van der Waals surface area (Å²) in [5.74, 6) is 1.27. The Hall–Kier alpha value is -3.06. The number of hydrogen-bond acceptors (Lipinski definition) is 6. The van der Waals surface area contributed by atoms with Gasteiger partial charge in [-0.05, 0) is 88.9 Å². The molecule has 7 nitrogen and oxygen atoms in total. The Morgan fingerprint density at radius 3 is 2.27 bits per heavy atom. The third-order valence-corrected chi connectivity index (χ3v) is 7.51. The van der Waals surface area contributed by atoms with Crippen LogP contribution in [0.4, 0.5) is 0 Å². The fourth-order valence-corrected chi connectivity index (χ4v) is 5.81. The van der Waals surface area contributed by atoms with Gasteiger partial charge in [0.1, 0.15) is 6.61 Å². The Morgan fingerprint density at radius 2 is 1.65 bits per heavy atom. The Kier molecular flexibility index (Phi) is 8.75. The van der Waals surface area contributed by atoms with Crippen LogP contribution < -0.4 is 9.47 Å². The van der Waals surface area contributed by atoms with Crippen LogP contribution in [0.1, 0.15) is 56.2 Å². The average molecular weight is 509 g/mol. The van der Waals surface area contributed by atoms with Crippen molar-refractivity contribution in [3.05, 3.63) is 59.2 Å². The molecule has 0 bridgehead atoms. The van der Waals surface area contributed by atoms with Crippen molar-refractivity contribution < 1.29 is 23.8 Å². The van der Waals surface area contributed by atoms with E-state index in [1.165, 1.54) is 5.56 Å². The molecule has 0 unspecified atom stereocenters. The highest BCUT2D eigenvalue weighted by Gasteiger charge is 2.48. The van der Waals surface area contributed by atoms with Gasteiger partial charge in [-0.2, -0.15) is 0 Å². The van der Waals surface area contributed by atoms with Gasteiger partial charge in [-0.25, -0.2) is 0 Å². The second-order valence-electron chi connectivity index (χ2n) is 10.3. The molecule has 1 fully saturated rings. The lowest BCUT2D eigenvalue weighted by atomic mass is 9.68. The van der Waals surface area contributed by atoms with Gasteiger partial charge in [0.25, 0.3) is 0 Å². The van der Waals surface area contributed by atoms with E-state index in [0.29, 0.717) is 57.7 Å². The third kappa shape index (κ3) is 5.93. The molecule has 4 rings (SSSR count). The average Bonchev–Trinajstić information content (AvgIpc) is 2.89. The van der Waals surface area contributed by atoms with Gasteiger partial charge in [0.2, 0.25) is 5.91 Å². The second kappa shape index (κ2) is 12.0. The highest BCUT2D eigenvalue weighted by molar-refractivity contribution is 5.80. The van der Waals surface area contributed by atoms with Crippen LogP contribution in [0.5, 0.6) is 11.5 Å². The standard InChI is InChI=1S/C30H40N2O5/c1-5-35-26-18-24-14-17-32(28(33)20-31(3)4)30(25(24)19-27(26)36-6-2)15-12-23(13-16-30)29(34)37-21-22-10-8-7-9-11-22/h7-11,18-19,23H,5-6,12-17,20-21H2,1-4H3. The van der Waals surface area contributed by atoms with E-state index < -0.39 is 5.54 Å². The summed E-state index contributed by atoms with van der Waals surface area (Å²) in [6, 6.07) is 13.9. The number of amides is 1. The topological polar surface area (TPSA) is 68.3 Å². The lowest BCUT2D eigenvalue weighted by Gasteiger charge is -2.52. The number of benzene rings is 2. The van der Waals surface area contributed by atoms with Gasteiger partial charge in [0, 0.05) is 6.54 Å². The molecule has 37 heavy (non-hydrogen) atoms. The molecular weight excluding hydrogens is 468 g/mol. The minimum Gasteiger partial charge on any atom is -0.490 e. The molecule has 1 amide bonds. The highest BCUT2D eigenvalue weighted by atomic mass is 16.5. The van der Waals surface area contributed by atoms with Crippen molar-refractivity contribution in [3.63, 3.8) is 0 Å². The van der Waals surface area contributed by atoms with Crippen molar-refractivity contribution in [1.82, 2.24) is 9.80 Å². The lowest BCUT2D eigenvalue weighted by molar-refractivity contribution is -0.153. The number of nitrogens with zero attached hydrogens (tertiary/aromatic N) is 2. The van der Waals surface area contributed by atoms with Gasteiger partial charge in [-0.1, -0.05) is 30.3 Å². The van der Waals surface area contributed by atoms with E-state index in [2.05, 4.69) is 17.0 Å². The van der Waals surface area contributed by atoms with E-state index in [9.17, 15) is 9.59 Å². The maximum Gasteiger partial charge on any atom is 0.309 e. The van der Waals surface area contributed by atoms with Gasteiger partial charge in [-0.15, -0.1) is 0 Å². The molecule has 0 radical (unpaired) electrons. The number of carbonyl (C=O) groups is 2. The van der Waals surface area contributed by atoms with Crippen LogP contribution in [-0.4, -0.2) is 62.1 Å². The summed E-state index contributed by atoms with van der Waals surface area (Å²) in [5, 5.41) is 0. The zero-order valence-electron chi connectivity index (χ0n) is 22.6. The predicted octanol–water partition coefficient (Wildman–Crippen LogP) is 4.56. The first-order valence-electron chi connectivity index (χ1n) is 13.5. The number of carbonyl (C=O) groups excluding carboxylic acids is 2. The van der Waals surface area contributed by atoms with Gasteiger partial charge >= 0.3 is 5.97 Å². The largest absolute Gasteiger partial charge is 0.490 e. The van der Waals surface area contributed by atoms with Crippen LogP contribution in [0.25, 0.3) is 0 Å². The molecule has 1 heterocycles. The van der Waals surface area contributed by atoms with Gasteiger partial charge < -0.3 is 24.0 Å². The molecule has 0 saturated heterocycles. The van der Waals surface area contributed by atoms with Crippen molar-refractivity contribution in [2.75, 3.05) is 40.4 Å². The van der Waals surface area contributed by atoms with Crippen LogP contribution in [0.3, 0.4) is 0 Å². The normalized spacial score (nSPS) is 21.0. The molecule has 200 valence electrons. The molecule has 0 aromatic heterocycles. The Bertz CT molecular complexity index is 1080. The summed E-state index contributed by atoms with van der Waals surface area (Å²) in [5.41, 5.74) is 2.85. The van der Waals surface area contributed by atoms with E-state index in [0.717, 1.165) is 23.3 Å². The van der Waals surface area contributed by atoms with Crippen LogP contribution >= 0.6 is 0 Å². The van der Waals surface area contributed by atoms with E-state index in [1.54, 1.807) is 0 Å². The van der Waals surface area contributed by atoms with Crippen molar-refractivity contribution >= 4 is 11.9 Å². The SMILES string of the molecule is CCOc1cc2c(cc1OCC)C1(CCC(C(=O)OCc3ccccc3)CC1)N(C(=O)CN(C)C)CC2. The molecular formula is C30H40N2O5. The Labute approximate surface area is 220 Å². The molecule has 1 saturated carbocycles. The quantitative estimate of drug-likeness (QED) is 0.463. The number of rotatable bonds is 9. The summed E-state index contributed by atoms with van der Waals surface area (Å²) in [6.07, 6.45) is 3.55. The zero-order chi connectivity index (χ0) is 26.4. The first-order chi connectivity index (χ1) is 17.9. The molecule has 0 N–H and O–H groups in total. The third-order valence-electron chi connectivity index (χ3n) is 7.51. The maximum absolute atomic E-state index is 13.5. The molecule has 1 spiro atoms. The molecule has 1 aliphatic heterocycles. The van der Waals surface area contributed by atoms with Crippen LogP contribution in [0.2, 0.25) is 0 Å². The van der Waals surface area contributed by atoms with E-state index >= 15 is 0 Å². The fourth-order valence-electron chi connectivity index (χ4n) is 5.81. The second-order valence-corrected chi connectivity index (χ2v) is 10.3. The van der Waals surface area contributed by atoms with E-state index in [1.807, 2.05) is 63.2 Å². The lowest BCUT2D eigenvalue weighted by Crippen LogP contribution is -2.57. The van der Waals surface area contributed by atoms with Crippen molar-refractivity contribution in [3.8, 4) is 11.5 Å².